The number of ether oxygens (including phenoxy) is 1. The van der Waals surface area contributed by atoms with E-state index in [2.05, 4.69) is 5.32 Å². The van der Waals surface area contributed by atoms with Gasteiger partial charge in [-0.3, -0.25) is 10.1 Å². The number of amides is 1. The lowest BCUT2D eigenvalue weighted by Gasteiger charge is -2.29. The highest BCUT2D eigenvalue weighted by atomic mass is 19.1. The van der Waals surface area contributed by atoms with Gasteiger partial charge in [-0.25, -0.2) is 4.39 Å². The van der Waals surface area contributed by atoms with Crippen LogP contribution in [0.25, 0.3) is 0 Å². The Hall–Kier alpha value is -0.680. The number of alkyl halides is 1. The maximum atomic E-state index is 13.5. The van der Waals surface area contributed by atoms with Crippen molar-refractivity contribution < 1.29 is 13.9 Å². The van der Waals surface area contributed by atoms with E-state index in [0.29, 0.717) is 12.6 Å². The minimum atomic E-state index is -1.26. The fraction of sp³-hybridized carbons (Fsp3) is 0.917. The average Bonchev–Trinajstić information content (AvgIpc) is 3.09. The molecule has 17 heavy (non-hydrogen) atoms. The molecule has 2 saturated heterocycles. The van der Waals surface area contributed by atoms with Crippen LogP contribution in [-0.2, 0) is 9.53 Å². The first-order chi connectivity index (χ1) is 8.25. The molecule has 0 radical (unpaired) electrons. The van der Waals surface area contributed by atoms with Crippen LogP contribution < -0.4 is 5.32 Å². The summed E-state index contributed by atoms with van der Waals surface area (Å²) in [5.41, 5.74) is 0. The number of nitrogens with zero attached hydrogens (tertiary/aromatic N) is 1. The Balaban J connectivity index is 1.56. The molecular weight excluding hydrogens is 223 g/mol. The molecule has 96 valence electrons. The van der Waals surface area contributed by atoms with Crippen LogP contribution in [0.2, 0.25) is 0 Å². The smallest absolute Gasteiger partial charge is 0.240 e. The summed E-state index contributed by atoms with van der Waals surface area (Å²) in [5.74, 6) is 0.158. The molecule has 4 nitrogen and oxygen atoms in total. The van der Waals surface area contributed by atoms with Crippen molar-refractivity contribution in [1.29, 1.82) is 0 Å². The van der Waals surface area contributed by atoms with E-state index >= 15 is 0 Å². The molecule has 3 unspecified atom stereocenters. The molecule has 3 aliphatic rings. The quantitative estimate of drug-likeness (QED) is 0.796. The molecule has 5 heteroatoms. The van der Waals surface area contributed by atoms with Crippen LogP contribution >= 0.6 is 0 Å². The number of hydrogen-bond acceptors (Lipinski definition) is 3. The predicted molar refractivity (Wildman–Crippen MR) is 60.1 cm³/mol. The molecule has 1 amide bonds. The van der Waals surface area contributed by atoms with Crippen LogP contribution in [0.15, 0.2) is 0 Å². The van der Waals surface area contributed by atoms with E-state index in [0.717, 1.165) is 38.6 Å². The van der Waals surface area contributed by atoms with Crippen molar-refractivity contribution in [2.75, 3.05) is 13.2 Å². The van der Waals surface area contributed by atoms with Gasteiger partial charge in [0, 0.05) is 12.6 Å². The minimum Gasteiger partial charge on any atom is -0.347 e. The first-order valence-electron chi connectivity index (χ1n) is 6.58. The summed E-state index contributed by atoms with van der Waals surface area (Å²) in [7, 11) is 0. The maximum absolute atomic E-state index is 13.5. The summed E-state index contributed by atoms with van der Waals surface area (Å²) >= 11 is 0. The summed E-state index contributed by atoms with van der Waals surface area (Å²) in [6.07, 6.45) is 3.44. The lowest BCUT2D eigenvalue weighted by atomic mass is 10.1. The van der Waals surface area contributed by atoms with Crippen molar-refractivity contribution in [2.24, 2.45) is 0 Å². The Kier molecular flexibility index (Phi) is 3.04. The number of carbonyl (C=O) groups excluding carboxylic acids is 1. The van der Waals surface area contributed by atoms with Crippen molar-refractivity contribution >= 4 is 5.91 Å². The van der Waals surface area contributed by atoms with Gasteiger partial charge in [0.05, 0.1) is 18.7 Å². The van der Waals surface area contributed by atoms with Gasteiger partial charge < -0.3 is 9.64 Å². The molecule has 0 aromatic heterocycles. The third-order valence-electron chi connectivity index (χ3n) is 3.90. The number of nitrogens with one attached hydrogen (secondary N) is 1. The van der Waals surface area contributed by atoms with Crippen molar-refractivity contribution in [3.63, 3.8) is 0 Å². The molecule has 3 atom stereocenters. The van der Waals surface area contributed by atoms with Crippen molar-refractivity contribution in [3.05, 3.63) is 0 Å². The second-order valence-electron chi connectivity index (χ2n) is 5.24. The highest BCUT2D eigenvalue weighted by Gasteiger charge is 2.41. The van der Waals surface area contributed by atoms with Gasteiger partial charge >= 0.3 is 0 Å². The summed E-state index contributed by atoms with van der Waals surface area (Å²) in [5, 5.41) is 3.14. The van der Waals surface area contributed by atoms with Crippen LogP contribution in [0.4, 0.5) is 4.39 Å². The van der Waals surface area contributed by atoms with E-state index in [9.17, 15) is 9.18 Å². The van der Waals surface area contributed by atoms with Crippen molar-refractivity contribution in [2.45, 2.75) is 56.6 Å². The molecule has 0 aromatic carbocycles. The van der Waals surface area contributed by atoms with Gasteiger partial charge in [-0.15, -0.1) is 0 Å². The third kappa shape index (κ3) is 2.31. The Bertz CT molecular complexity index is 309. The molecule has 0 bridgehead atoms. The molecule has 0 spiro atoms. The maximum Gasteiger partial charge on any atom is 0.240 e. The largest absolute Gasteiger partial charge is 0.347 e. The topological polar surface area (TPSA) is 41.6 Å². The molecule has 1 N–H and O–H groups in total. The van der Waals surface area contributed by atoms with Gasteiger partial charge in [0.25, 0.3) is 0 Å². The first-order valence-corrected chi connectivity index (χ1v) is 6.58. The molecule has 2 heterocycles. The van der Waals surface area contributed by atoms with Crippen LogP contribution in [0.3, 0.4) is 0 Å². The summed E-state index contributed by atoms with van der Waals surface area (Å²) in [4.78, 5) is 14.0. The predicted octanol–water partition coefficient (Wildman–Crippen LogP) is 0.814. The van der Waals surface area contributed by atoms with Crippen LogP contribution in [0.5, 0.6) is 0 Å². The number of carbonyl (C=O) groups is 1. The zero-order valence-electron chi connectivity index (χ0n) is 9.90. The van der Waals surface area contributed by atoms with Gasteiger partial charge in [-0.05, 0) is 32.1 Å². The van der Waals surface area contributed by atoms with E-state index in [1.54, 1.807) is 0 Å². The highest BCUT2D eigenvalue weighted by Crippen LogP contribution is 2.31. The molecular formula is C12H19FN2O2. The van der Waals surface area contributed by atoms with Crippen LogP contribution in [-0.4, -0.2) is 48.4 Å². The standard InChI is InChI=1S/C12H19FN2O2/c13-11-9(2-1-7-17-11)14-10-5-6-15(12(10)16)8-3-4-8/h8-11,14H,1-7H2. The number of likely N-dealkylation sites (tertiary alicyclic amines) is 1. The molecule has 1 saturated carbocycles. The fourth-order valence-corrected chi connectivity index (χ4v) is 2.77. The minimum absolute atomic E-state index is 0.158. The lowest BCUT2D eigenvalue weighted by molar-refractivity contribution is -0.131. The van der Waals surface area contributed by atoms with Crippen molar-refractivity contribution in [3.8, 4) is 0 Å². The average molecular weight is 242 g/mol. The van der Waals surface area contributed by atoms with E-state index < -0.39 is 6.36 Å². The highest BCUT2D eigenvalue weighted by molar-refractivity contribution is 5.84. The van der Waals surface area contributed by atoms with Gasteiger partial charge in [0.1, 0.15) is 0 Å². The number of halogens is 1. The lowest BCUT2D eigenvalue weighted by Crippen LogP contribution is -2.50. The molecule has 1 aliphatic carbocycles. The summed E-state index contributed by atoms with van der Waals surface area (Å²) < 4.78 is 18.5. The van der Waals surface area contributed by atoms with Gasteiger partial charge in [0.2, 0.25) is 12.3 Å². The Morgan fingerprint density at radius 3 is 2.82 bits per heavy atom. The Morgan fingerprint density at radius 2 is 2.12 bits per heavy atom. The van der Waals surface area contributed by atoms with Gasteiger partial charge in [-0.2, -0.15) is 0 Å². The Morgan fingerprint density at radius 1 is 1.29 bits per heavy atom. The molecule has 2 aliphatic heterocycles. The Labute approximate surface area is 100 Å². The molecule has 0 aromatic rings. The second kappa shape index (κ2) is 4.53. The van der Waals surface area contributed by atoms with Crippen LogP contribution in [0, 0.1) is 0 Å². The van der Waals surface area contributed by atoms with E-state index in [-0.39, 0.29) is 18.0 Å². The molecule has 3 rings (SSSR count). The van der Waals surface area contributed by atoms with Gasteiger partial charge in [-0.1, -0.05) is 0 Å². The van der Waals surface area contributed by atoms with Gasteiger partial charge in [0.15, 0.2) is 0 Å². The van der Waals surface area contributed by atoms with E-state index in [1.807, 2.05) is 4.90 Å². The zero-order chi connectivity index (χ0) is 11.8. The molecule has 3 fully saturated rings. The third-order valence-corrected chi connectivity index (χ3v) is 3.90. The fourth-order valence-electron chi connectivity index (χ4n) is 2.77. The zero-order valence-corrected chi connectivity index (χ0v) is 9.90. The SMILES string of the molecule is O=C1C(NC2CCCOC2F)CCN1C1CC1. The summed E-state index contributed by atoms with van der Waals surface area (Å²) in [6.45, 7) is 1.32. The summed E-state index contributed by atoms with van der Waals surface area (Å²) in [6, 6.07) is -0.0320. The number of rotatable bonds is 3. The van der Waals surface area contributed by atoms with E-state index in [4.69, 9.17) is 4.74 Å². The monoisotopic (exact) mass is 242 g/mol. The van der Waals surface area contributed by atoms with Crippen molar-refractivity contribution in [1.82, 2.24) is 10.2 Å². The first kappa shape index (κ1) is 11.4. The number of hydrogen-bond donors (Lipinski definition) is 1. The van der Waals surface area contributed by atoms with E-state index in [1.165, 1.54) is 0 Å². The normalized spacial score (nSPS) is 38.8. The van der Waals surface area contributed by atoms with Crippen LogP contribution in [0.1, 0.15) is 32.1 Å². The second-order valence-corrected chi connectivity index (χ2v) is 5.24.